The number of aliphatic hydroxyl groups excluding tert-OH is 1. The Kier molecular flexibility index (Phi) is 5.87. The molecule has 0 spiro atoms. The molecule has 6 heteroatoms. The fraction of sp³-hybridized carbons (Fsp3) is 0.348. The van der Waals surface area contributed by atoms with Crippen LogP contribution in [-0.2, 0) is 16.0 Å². The number of benzene rings is 2. The van der Waals surface area contributed by atoms with Gasteiger partial charge in [-0.25, -0.2) is 0 Å². The van der Waals surface area contributed by atoms with Crippen molar-refractivity contribution < 1.29 is 19.4 Å². The first-order chi connectivity index (χ1) is 13.5. The number of Topliss-reactive ketones (excluding diaryl/α,β-unsaturated/α-hetero) is 1. The third-order valence-electron chi connectivity index (χ3n) is 4.94. The van der Waals surface area contributed by atoms with E-state index in [0.29, 0.717) is 28.5 Å². The van der Waals surface area contributed by atoms with Gasteiger partial charge in [0, 0.05) is 4.47 Å². The molecule has 0 aliphatic carbocycles. The molecular formula is C23H24BrClO4. The number of hydrogen-bond donors (Lipinski definition) is 1. The van der Waals surface area contributed by atoms with Crippen molar-refractivity contribution >= 4 is 38.9 Å². The Hall–Kier alpha value is -1.82. The molecule has 0 saturated carbocycles. The van der Waals surface area contributed by atoms with E-state index in [1.165, 1.54) is 0 Å². The standard InChI is InChI=1S/C23H24BrClO4/c1-6-13-7-9-15(28-18-10-8-14(24)11-17(18)25)12-16(13)19-20(26)22(2,3)29-23(4,5)21(19)27/h7-12,26H,6H2,1-5H3. The highest BCUT2D eigenvalue weighted by Gasteiger charge is 2.47. The molecule has 3 rings (SSSR count). The molecule has 1 heterocycles. The van der Waals surface area contributed by atoms with Gasteiger partial charge in [-0.3, -0.25) is 4.79 Å². The Morgan fingerprint density at radius 1 is 1.10 bits per heavy atom. The van der Waals surface area contributed by atoms with Crippen LogP contribution in [0.15, 0.2) is 46.6 Å². The normalized spacial score (nSPS) is 18.1. The van der Waals surface area contributed by atoms with Gasteiger partial charge >= 0.3 is 0 Å². The average molecular weight is 480 g/mol. The summed E-state index contributed by atoms with van der Waals surface area (Å²) in [5.41, 5.74) is -0.186. The predicted molar refractivity (Wildman–Crippen MR) is 119 cm³/mol. The topological polar surface area (TPSA) is 55.8 Å². The van der Waals surface area contributed by atoms with Gasteiger partial charge in [0.2, 0.25) is 0 Å². The molecule has 2 aromatic rings. The van der Waals surface area contributed by atoms with E-state index in [1.807, 2.05) is 25.1 Å². The molecule has 154 valence electrons. The van der Waals surface area contributed by atoms with Crippen LogP contribution in [0.1, 0.15) is 45.7 Å². The van der Waals surface area contributed by atoms with E-state index in [-0.39, 0.29) is 17.1 Å². The molecule has 29 heavy (non-hydrogen) atoms. The second-order valence-electron chi connectivity index (χ2n) is 8.02. The first kappa shape index (κ1) is 21.9. The Labute approximate surface area is 184 Å². The van der Waals surface area contributed by atoms with Gasteiger partial charge < -0.3 is 14.6 Å². The van der Waals surface area contributed by atoms with Gasteiger partial charge in [-0.05, 0) is 75.6 Å². The van der Waals surface area contributed by atoms with E-state index in [4.69, 9.17) is 21.1 Å². The lowest BCUT2D eigenvalue weighted by Crippen LogP contribution is -2.49. The van der Waals surface area contributed by atoms with Crippen molar-refractivity contribution in [1.82, 2.24) is 0 Å². The maximum absolute atomic E-state index is 13.2. The van der Waals surface area contributed by atoms with E-state index in [0.717, 1.165) is 10.0 Å². The minimum atomic E-state index is -1.05. The summed E-state index contributed by atoms with van der Waals surface area (Å²) in [6.45, 7) is 8.95. The van der Waals surface area contributed by atoms with E-state index in [9.17, 15) is 9.90 Å². The third kappa shape index (κ3) is 4.23. The maximum Gasteiger partial charge on any atom is 0.198 e. The average Bonchev–Trinajstić information content (AvgIpc) is 2.62. The largest absolute Gasteiger partial charge is 0.508 e. The monoisotopic (exact) mass is 478 g/mol. The number of ether oxygens (including phenoxy) is 2. The number of hydrogen-bond acceptors (Lipinski definition) is 4. The molecule has 0 bridgehead atoms. The lowest BCUT2D eigenvalue weighted by Gasteiger charge is -2.40. The van der Waals surface area contributed by atoms with E-state index in [1.54, 1.807) is 45.9 Å². The molecule has 0 radical (unpaired) electrons. The minimum absolute atomic E-state index is 0.0738. The molecule has 1 N–H and O–H groups in total. The predicted octanol–water partition coefficient (Wildman–Crippen LogP) is 6.88. The summed E-state index contributed by atoms with van der Waals surface area (Å²) >= 11 is 9.65. The highest BCUT2D eigenvalue weighted by atomic mass is 79.9. The Morgan fingerprint density at radius 3 is 2.41 bits per heavy atom. The molecule has 0 fully saturated rings. The number of aliphatic hydroxyl groups is 1. The van der Waals surface area contributed by atoms with Crippen LogP contribution < -0.4 is 4.74 Å². The lowest BCUT2D eigenvalue weighted by molar-refractivity contribution is -0.158. The second-order valence-corrected chi connectivity index (χ2v) is 9.35. The molecule has 0 saturated heterocycles. The molecule has 1 aliphatic heterocycles. The van der Waals surface area contributed by atoms with Crippen LogP contribution in [0.3, 0.4) is 0 Å². The number of carbonyl (C=O) groups excluding carboxylic acids is 1. The highest BCUT2D eigenvalue weighted by molar-refractivity contribution is 9.10. The van der Waals surface area contributed by atoms with Crippen LogP contribution in [0, 0.1) is 0 Å². The van der Waals surface area contributed by atoms with Gasteiger partial charge in [-0.15, -0.1) is 0 Å². The van der Waals surface area contributed by atoms with E-state index >= 15 is 0 Å². The summed E-state index contributed by atoms with van der Waals surface area (Å²) in [5, 5.41) is 11.4. The third-order valence-corrected chi connectivity index (χ3v) is 5.73. The Balaban J connectivity index is 2.13. The zero-order chi connectivity index (χ0) is 21.6. The molecular weight excluding hydrogens is 456 g/mol. The summed E-state index contributed by atoms with van der Waals surface area (Å²) in [6.07, 6.45) is 0.695. The lowest BCUT2D eigenvalue weighted by atomic mass is 9.81. The zero-order valence-electron chi connectivity index (χ0n) is 17.1. The first-order valence-corrected chi connectivity index (χ1v) is 10.6. The van der Waals surface area contributed by atoms with Crippen molar-refractivity contribution in [3.05, 3.63) is 62.8 Å². The van der Waals surface area contributed by atoms with Gasteiger partial charge in [0.1, 0.15) is 28.5 Å². The minimum Gasteiger partial charge on any atom is -0.508 e. The molecule has 0 amide bonds. The van der Waals surface area contributed by atoms with Crippen molar-refractivity contribution in [1.29, 1.82) is 0 Å². The number of rotatable bonds is 4. The van der Waals surface area contributed by atoms with Gasteiger partial charge in [-0.2, -0.15) is 0 Å². The smallest absolute Gasteiger partial charge is 0.198 e. The van der Waals surface area contributed by atoms with Crippen LogP contribution in [0.4, 0.5) is 0 Å². The summed E-state index contributed by atoms with van der Waals surface area (Å²) in [5.74, 6) is 0.692. The number of carbonyl (C=O) groups is 1. The Morgan fingerprint density at radius 2 is 1.79 bits per heavy atom. The highest BCUT2D eigenvalue weighted by Crippen LogP contribution is 2.42. The molecule has 0 aromatic heterocycles. The van der Waals surface area contributed by atoms with Crippen LogP contribution in [0.2, 0.25) is 5.02 Å². The molecule has 2 aromatic carbocycles. The number of halogens is 2. The van der Waals surface area contributed by atoms with Gasteiger partial charge in [0.15, 0.2) is 5.78 Å². The molecule has 0 atom stereocenters. The van der Waals surface area contributed by atoms with Crippen LogP contribution >= 0.6 is 27.5 Å². The number of ketones is 1. The van der Waals surface area contributed by atoms with E-state index in [2.05, 4.69) is 15.9 Å². The fourth-order valence-electron chi connectivity index (χ4n) is 3.54. The van der Waals surface area contributed by atoms with E-state index < -0.39 is 11.2 Å². The summed E-state index contributed by atoms with van der Waals surface area (Å²) < 4.78 is 12.7. The van der Waals surface area contributed by atoms with Gasteiger partial charge in [0.05, 0.1) is 10.6 Å². The SMILES string of the molecule is CCc1ccc(Oc2ccc(Br)cc2Cl)cc1C1=C(O)C(C)(C)OC(C)(C)C1=O. The van der Waals surface area contributed by atoms with Crippen LogP contribution in [-0.4, -0.2) is 22.1 Å². The van der Waals surface area contributed by atoms with Crippen molar-refractivity contribution in [2.45, 2.75) is 52.2 Å². The second kappa shape index (κ2) is 7.78. The summed E-state index contributed by atoms with van der Waals surface area (Å²) in [7, 11) is 0. The van der Waals surface area contributed by atoms with Gasteiger partial charge in [0.25, 0.3) is 0 Å². The summed E-state index contributed by atoms with van der Waals surface area (Å²) in [6, 6.07) is 10.9. The summed E-state index contributed by atoms with van der Waals surface area (Å²) in [4.78, 5) is 13.2. The Bertz CT molecular complexity index is 1010. The maximum atomic E-state index is 13.2. The molecule has 4 nitrogen and oxygen atoms in total. The molecule has 1 aliphatic rings. The van der Waals surface area contributed by atoms with Crippen LogP contribution in [0.25, 0.3) is 5.57 Å². The zero-order valence-corrected chi connectivity index (χ0v) is 19.4. The fourth-order valence-corrected chi connectivity index (χ4v) is 4.25. The first-order valence-electron chi connectivity index (χ1n) is 9.41. The van der Waals surface area contributed by atoms with Crippen molar-refractivity contribution in [3.8, 4) is 11.5 Å². The van der Waals surface area contributed by atoms with Gasteiger partial charge in [-0.1, -0.05) is 40.5 Å². The molecule has 0 unspecified atom stereocenters. The number of aryl methyl sites for hydroxylation is 1. The van der Waals surface area contributed by atoms with Crippen molar-refractivity contribution in [2.75, 3.05) is 0 Å². The quantitative estimate of drug-likeness (QED) is 0.519. The van der Waals surface area contributed by atoms with Crippen molar-refractivity contribution in [3.63, 3.8) is 0 Å². The van der Waals surface area contributed by atoms with Crippen molar-refractivity contribution in [2.24, 2.45) is 0 Å². The van der Waals surface area contributed by atoms with Crippen LogP contribution in [0.5, 0.6) is 11.5 Å².